The standard InChI is InChI=1S/C15H16O5/c1-8-11(16)7-10(14(17)18)13(15(19)20)12(8)9-5-3-2-4-6-9/h2-6,8,10,12-13H,7H2,1H3,(H,17,18)(H,19,20)/p-2/t8-,10-,12-,13-/m1/s1. The van der Waals surface area contributed by atoms with E-state index in [2.05, 4.69) is 0 Å². The van der Waals surface area contributed by atoms with Gasteiger partial charge in [0.2, 0.25) is 0 Å². The van der Waals surface area contributed by atoms with E-state index in [-0.39, 0.29) is 12.2 Å². The number of hydrogen-bond acceptors (Lipinski definition) is 5. The lowest BCUT2D eigenvalue weighted by Gasteiger charge is -2.42. The van der Waals surface area contributed by atoms with E-state index in [0.29, 0.717) is 5.56 Å². The summed E-state index contributed by atoms with van der Waals surface area (Å²) in [5, 5.41) is 22.5. The van der Waals surface area contributed by atoms with Crippen molar-refractivity contribution in [1.29, 1.82) is 0 Å². The van der Waals surface area contributed by atoms with Gasteiger partial charge in [-0.1, -0.05) is 37.3 Å². The van der Waals surface area contributed by atoms with Gasteiger partial charge in [-0.15, -0.1) is 0 Å². The number of benzene rings is 1. The Bertz CT molecular complexity index is 536. The highest BCUT2D eigenvalue weighted by atomic mass is 16.4. The summed E-state index contributed by atoms with van der Waals surface area (Å²) in [7, 11) is 0. The van der Waals surface area contributed by atoms with Crippen molar-refractivity contribution in [2.24, 2.45) is 17.8 Å². The molecule has 0 radical (unpaired) electrons. The van der Waals surface area contributed by atoms with Crippen LogP contribution in [0.15, 0.2) is 30.3 Å². The molecule has 0 aliphatic heterocycles. The lowest BCUT2D eigenvalue weighted by molar-refractivity contribution is -0.328. The minimum atomic E-state index is -1.51. The van der Waals surface area contributed by atoms with Crippen molar-refractivity contribution in [1.82, 2.24) is 0 Å². The van der Waals surface area contributed by atoms with Crippen molar-refractivity contribution in [3.05, 3.63) is 35.9 Å². The lowest BCUT2D eigenvalue weighted by atomic mass is 9.64. The maximum atomic E-state index is 12.0. The van der Waals surface area contributed by atoms with Crippen LogP contribution in [0.25, 0.3) is 0 Å². The third-order valence-corrected chi connectivity index (χ3v) is 4.05. The molecule has 0 heterocycles. The Morgan fingerprint density at radius 1 is 1.10 bits per heavy atom. The number of rotatable bonds is 3. The summed E-state index contributed by atoms with van der Waals surface area (Å²) in [6.45, 7) is 1.63. The van der Waals surface area contributed by atoms with E-state index in [0.717, 1.165) is 0 Å². The van der Waals surface area contributed by atoms with Crippen LogP contribution >= 0.6 is 0 Å². The molecule has 1 aliphatic rings. The molecule has 0 amide bonds. The minimum absolute atomic E-state index is 0.259. The van der Waals surface area contributed by atoms with E-state index in [1.165, 1.54) is 0 Å². The third kappa shape index (κ3) is 2.43. The largest absolute Gasteiger partial charge is 0.550 e. The first-order valence-corrected chi connectivity index (χ1v) is 6.43. The Hall–Kier alpha value is -2.17. The van der Waals surface area contributed by atoms with E-state index in [1.807, 2.05) is 0 Å². The highest BCUT2D eigenvalue weighted by molar-refractivity contribution is 5.91. The molecule has 0 aromatic heterocycles. The van der Waals surface area contributed by atoms with Gasteiger partial charge in [-0.25, -0.2) is 0 Å². The number of ketones is 1. The maximum Gasteiger partial charge on any atom is 0.137 e. The van der Waals surface area contributed by atoms with Crippen LogP contribution in [0.3, 0.4) is 0 Å². The van der Waals surface area contributed by atoms with E-state index in [1.54, 1.807) is 37.3 Å². The van der Waals surface area contributed by atoms with Gasteiger partial charge < -0.3 is 19.8 Å². The molecule has 1 saturated carbocycles. The second-order valence-electron chi connectivity index (χ2n) is 5.17. The highest BCUT2D eigenvalue weighted by Crippen LogP contribution is 2.42. The molecule has 5 heteroatoms. The molecule has 0 spiro atoms. The summed E-state index contributed by atoms with van der Waals surface area (Å²) in [5.74, 6) is -7.08. The minimum Gasteiger partial charge on any atom is -0.550 e. The van der Waals surface area contributed by atoms with Gasteiger partial charge in [0.15, 0.2) is 0 Å². The van der Waals surface area contributed by atoms with Crippen molar-refractivity contribution in [3.8, 4) is 0 Å². The predicted octanol–water partition coefficient (Wildman–Crippen LogP) is -0.889. The van der Waals surface area contributed by atoms with Crippen molar-refractivity contribution < 1.29 is 24.6 Å². The molecule has 1 aliphatic carbocycles. The van der Waals surface area contributed by atoms with Crippen LogP contribution in [0, 0.1) is 17.8 Å². The topological polar surface area (TPSA) is 97.3 Å². The number of carboxylic acid groups (broad SMARTS) is 2. The maximum absolute atomic E-state index is 12.0. The molecule has 4 atom stereocenters. The van der Waals surface area contributed by atoms with Crippen LogP contribution in [0.4, 0.5) is 0 Å². The van der Waals surface area contributed by atoms with E-state index >= 15 is 0 Å². The monoisotopic (exact) mass is 274 g/mol. The first-order valence-electron chi connectivity index (χ1n) is 6.43. The summed E-state index contributed by atoms with van der Waals surface area (Å²) in [4.78, 5) is 34.5. The second kappa shape index (κ2) is 5.45. The fraction of sp³-hybridized carbons (Fsp3) is 0.400. The molecule has 106 valence electrons. The second-order valence-corrected chi connectivity index (χ2v) is 5.17. The van der Waals surface area contributed by atoms with Crippen molar-refractivity contribution in [2.45, 2.75) is 19.3 Å². The molecule has 1 aromatic rings. The van der Waals surface area contributed by atoms with Crippen LogP contribution in [0.1, 0.15) is 24.8 Å². The van der Waals surface area contributed by atoms with Gasteiger partial charge >= 0.3 is 0 Å². The number of aliphatic carboxylic acids is 2. The number of carbonyl (C=O) groups is 3. The number of Topliss-reactive ketones (excluding diaryl/α,β-unsaturated/α-hetero) is 1. The molecule has 2 rings (SSSR count). The molecular weight excluding hydrogens is 260 g/mol. The number of carboxylic acids is 2. The summed E-state index contributed by atoms with van der Waals surface area (Å²) >= 11 is 0. The number of hydrogen-bond donors (Lipinski definition) is 0. The molecule has 1 fully saturated rings. The fourth-order valence-electron chi connectivity index (χ4n) is 3.00. The smallest absolute Gasteiger partial charge is 0.137 e. The average Bonchev–Trinajstić information content (AvgIpc) is 2.41. The Morgan fingerprint density at radius 3 is 2.20 bits per heavy atom. The SMILES string of the molecule is C[C@@H]1C(=O)C[C@@H](C(=O)[O-])[C@@H](C(=O)[O-])[C@H]1c1ccccc1. The first-order chi connectivity index (χ1) is 9.43. The number of carbonyl (C=O) groups excluding carboxylic acids is 3. The van der Waals surface area contributed by atoms with Gasteiger partial charge in [-0.2, -0.15) is 0 Å². The van der Waals surface area contributed by atoms with Gasteiger partial charge in [-0.05, 0) is 5.56 Å². The molecule has 20 heavy (non-hydrogen) atoms. The third-order valence-electron chi connectivity index (χ3n) is 4.05. The van der Waals surface area contributed by atoms with Gasteiger partial charge in [-0.3, -0.25) is 4.79 Å². The fourth-order valence-corrected chi connectivity index (χ4v) is 3.00. The molecule has 0 N–H and O–H groups in total. The summed E-state index contributed by atoms with van der Waals surface area (Å²) in [5.41, 5.74) is 0.633. The van der Waals surface area contributed by atoms with Crippen LogP contribution in [-0.2, 0) is 14.4 Å². The zero-order valence-corrected chi connectivity index (χ0v) is 10.9. The molecule has 5 nitrogen and oxygen atoms in total. The van der Waals surface area contributed by atoms with Crippen LogP contribution < -0.4 is 10.2 Å². The van der Waals surface area contributed by atoms with E-state index < -0.39 is 35.6 Å². The zero-order valence-electron chi connectivity index (χ0n) is 10.9. The van der Waals surface area contributed by atoms with Crippen molar-refractivity contribution in [3.63, 3.8) is 0 Å². The molecule has 0 bridgehead atoms. The van der Waals surface area contributed by atoms with Gasteiger partial charge in [0, 0.05) is 42.0 Å². The van der Waals surface area contributed by atoms with E-state index in [4.69, 9.17) is 0 Å². The lowest BCUT2D eigenvalue weighted by Crippen LogP contribution is -2.52. The highest BCUT2D eigenvalue weighted by Gasteiger charge is 2.43. The molecule has 0 unspecified atom stereocenters. The van der Waals surface area contributed by atoms with Gasteiger partial charge in [0.25, 0.3) is 0 Å². The predicted molar refractivity (Wildman–Crippen MR) is 65.0 cm³/mol. The Morgan fingerprint density at radius 2 is 1.70 bits per heavy atom. The Balaban J connectivity index is 2.50. The summed E-state index contributed by atoms with van der Waals surface area (Å²) in [6.07, 6.45) is -0.314. The van der Waals surface area contributed by atoms with Crippen LogP contribution in [-0.4, -0.2) is 17.7 Å². The Kier molecular flexibility index (Phi) is 3.88. The van der Waals surface area contributed by atoms with Crippen LogP contribution in [0.2, 0.25) is 0 Å². The summed E-state index contributed by atoms with van der Waals surface area (Å²) in [6, 6.07) is 8.61. The van der Waals surface area contributed by atoms with Crippen LogP contribution in [0.5, 0.6) is 0 Å². The quantitative estimate of drug-likeness (QED) is 0.712. The van der Waals surface area contributed by atoms with Crippen molar-refractivity contribution in [2.75, 3.05) is 0 Å². The van der Waals surface area contributed by atoms with Crippen molar-refractivity contribution >= 4 is 17.7 Å². The van der Waals surface area contributed by atoms with Gasteiger partial charge in [0.1, 0.15) is 5.78 Å². The van der Waals surface area contributed by atoms with E-state index in [9.17, 15) is 24.6 Å². The average molecular weight is 274 g/mol. The zero-order chi connectivity index (χ0) is 14.9. The van der Waals surface area contributed by atoms with Gasteiger partial charge in [0.05, 0.1) is 0 Å². The normalized spacial score (nSPS) is 29.9. The molecule has 1 aromatic carbocycles. The molecule has 0 saturated heterocycles. The Labute approximate surface area is 116 Å². The summed E-state index contributed by atoms with van der Waals surface area (Å²) < 4.78 is 0. The molecular formula is C15H14O5-2. The first kappa shape index (κ1) is 14.2.